The maximum Gasteiger partial charge on any atom is 0.271 e. The summed E-state index contributed by atoms with van der Waals surface area (Å²) in [6, 6.07) is 2.71. The lowest BCUT2D eigenvalue weighted by Gasteiger charge is -2.34. The predicted octanol–water partition coefficient (Wildman–Crippen LogP) is 3.17. The summed E-state index contributed by atoms with van der Waals surface area (Å²) in [5.74, 6) is -0.246. The van der Waals surface area contributed by atoms with Crippen molar-refractivity contribution in [3.05, 3.63) is 55.5 Å². The van der Waals surface area contributed by atoms with E-state index in [0.717, 1.165) is 31.2 Å². The largest absolute Gasteiger partial charge is 0.481 e. The van der Waals surface area contributed by atoms with Gasteiger partial charge in [0.15, 0.2) is 17.5 Å². The Morgan fingerprint density at radius 1 is 1.20 bits per heavy atom. The van der Waals surface area contributed by atoms with Crippen molar-refractivity contribution in [1.29, 1.82) is 0 Å². The molecule has 10 nitrogen and oxygen atoms in total. The van der Waals surface area contributed by atoms with E-state index < -0.39 is 0 Å². The molecule has 1 unspecified atom stereocenters. The van der Waals surface area contributed by atoms with Crippen molar-refractivity contribution >= 4 is 51.0 Å². The van der Waals surface area contributed by atoms with Crippen LogP contribution in [-0.4, -0.2) is 73.4 Å². The lowest BCUT2D eigenvalue weighted by Crippen LogP contribution is -2.43. The average Bonchev–Trinajstić information content (AvgIpc) is 3.50. The van der Waals surface area contributed by atoms with E-state index in [1.807, 2.05) is 18.4 Å². The first-order valence-corrected chi connectivity index (χ1v) is 12.8. The molecule has 4 aromatic heterocycles. The predicted molar refractivity (Wildman–Crippen MR) is 132 cm³/mol. The van der Waals surface area contributed by atoms with Crippen LogP contribution < -0.4 is 4.74 Å². The van der Waals surface area contributed by atoms with Gasteiger partial charge in [-0.25, -0.2) is 19.5 Å². The minimum atomic E-state index is -0.369. The zero-order chi connectivity index (χ0) is 24.9. The highest BCUT2D eigenvalue weighted by Crippen LogP contribution is 2.38. The van der Waals surface area contributed by atoms with Crippen molar-refractivity contribution in [3.63, 3.8) is 0 Å². The lowest BCUT2D eigenvalue weighted by molar-refractivity contribution is -0.135. The second-order valence-electron chi connectivity index (χ2n) is 8.25. The van der Waals surface area contributed by atoms with Crippen LogP contribution in [0.4, 0.5) is 0 Å². The topological polar surface area (TPSA) is 106 Å². The molecule has 0 N–H and O–H groups in total. The molecule has 182 valence electrons. The lowest BCUT2D eigenvalue weighted by atomic mass is 10.0. The number of thiazole rings is 1. The Morgan fingerprint density at radius 2 is 2.00 bits per heavy atom. The number of pyridine rings is 1. The van der Waals surface area contributed by atoms with Crippen LogP contribution in [0.25, 0.3) is 4.96 Å². The molecule has 35 heavy (non-hydrogen) atoms. The van der Waals surface area contributed by atoms with Crippen molar-refractivity contribution in [3.8, 4) is 5.75 Å². The smallest absolute Gasteiger partial charge is 0.271 e. The Kier molecular flexibility index (Phi) is 6.20. The number of hydrogen-bond acceptors (Lipinski definition) is 9. The van der Waals surface area contributed by atoms with Crippen LogP contribution in [0.1, 0.15) is 42.8 Å². The van der Waals surface area contributed by atoms with Crippen molar-refractivity contribution in [2.75, 3.05) is 27.2 Å². The number of rotatable bonds is 5. The Morgan fingerprint density at radius 3 is 2.69 bits per heavy atom. The number of aryl methyl sites for hydroxylation is 2. The molecule has 0 saturated heterocycles. The molecule has 5 rings (SSSR count). The molecule has 1 atom stereocenters. The van der Waals surface area contributed by atoms with Gasteiger partial charge in [-0.1, -0.05) is 22.9 Å². The number of hydrogen-bond donors (Lipinski definition) is 0. The van der Waals surface area contributed by atoms with E-state index in [0.29, 0.717) is 13.0 Å². The van der Waals surface area contributed by atoms with Crippen molar-refractivity contribution in [2.45, 2.75) is 26.3 Å². The summed E-state index contributed by atoms with van der Waals surface area (Å²) in [5, 5.41) is 6.47. The molecule has 2 amide bonds. The Labute approximate surface area is 214 Å². The molecule has 0 aliphatic carbocycles. The van der Waals surface area contributed by atoms with Gasteiger partial charge in [0.25, 0.3) is 11.8 Å². The molecule has 4 aromatic rings. The summed E-state index contributed by atoms with van der Waals surface area (Å²) in [4.78, 5) is 43.8. The fourth-order valence-corrected chi connectivity index (χ4v) is 5.90. The zero-order valence-electron chi connectivity index (χ0n) is 19.5. The van der Waals surface area contributed by atoms with E-state index in [1.165, 1.54) is 22.3 Å². The van der Waals surface area contributed by atoms with Gasteiger partial charge in [-0.05, 0) is 26.0 Å². The van der Waals surface area contributed by atoms with Crippen LogP contribution in [0.5, 0.6) is 5.75 Å². The van der Waals surface area contributed by atoms with Gasteiger partial charge >= 0.3 is 0 Å². The highest BCUT2D eigenvalue weighted by atomic mass is 35.5. The van der Waals surface area contributed by atoms with E-state index in [2.05, 4.69) is 15.1 Å². The van der Waals surface area contributed by atoms with Gasteiger partial charge in [0.2, 0.25) is 4.96 Å². The molecule has 13 heteroatoms. The third kappa shape index (κ3) is 4.37. The normalized spacial score (nSPS) is 15.3. The van der Waals surface area contributed by atoms with Crippen LogP contribution in [-0.2, 0) is 11.2 Å². The number of ether oxygens (including phenoxy) is 1. The van der Waals surface area contributed by atoms with Gasteiger partial charge in [0.05, 0.1) is 21.3 Å². The molecular weight excluding hydrogens is 510 g/mol. The highest BCUT2D eigenvalue weighted by molar-refractivity contribution is 7.16. The van der Waals surface area contributed by atoms with Crippen LogP contribution in [0, 0.1) is 13.8 Å². The van der Waals surface area contributed by atoms with E-state index in [4.69, 9.17) is 21.3 Å². The van der Waals surface area contributed by atoms with Gasteiger partial charge in [-0.15, -0.1) is 11.3 Å². The first-order valence-electron chi connectivity index (χ1n) is 10.8. The molecule has 5 heterocycles. The van der Waals surface area contributed by atoms with E-state index in [-0.39, 0.29) is 41.1 Å². The Balaban J connectivity index is 1.41. The molecule has 1 aliphatic heterocycles. The number of carbonyl (C=O) groups is 2. The second-order valence-corrected chi connectivity index (χ2v) is 11.0. The molecule has 0 fully saturated rings. The molecule has 0 spiro atoms. The average molecular weight is 532 g/mol. The number of fused-ring (bicyclic) bond motifs is 3. The van der Waals surface area contributed by atoms with E-state index in [1.54, 1.807) is 42.6 Å². The Bertz CT molecular complexity index is 1440. The minimum Gasteiger partial charge on any atom is -0.481 e. The van der Waals surface area contributed by atoms with Gasteiger partial charge in [-0.3, -0.25) is 9.59 Å². The fourth-order valence-electron chi connectivity index (χ4n) is 4.02. The van der Waals surface area contributed by atoms with Gasteiger partial charge in [0, 0.05) is 33.3 Å². The van der Waals surface area contributed by atoms with Crippen LogP contribution in [0.15, 0.2) is 18.3 Å². The number of nitrogens with zero attached hydrogens (tertiary/aromatic N) is 7. The van der Waals surface area contributed by atoms with Crippen LogP contribution in [0.3, 0.4) is 0 Å². The second kappa shape index (κ2) is 9.17. The first kappa shape index (κ1) is 23.6. The maximum absolute atomic E-state index is 13.4. The standard InChI is InChI=1S/C22H22ClN7O3S2/c1-11-24-9-16(34-11)19-18-13(26-22-30(18)27-12(2)35-22)7-8-29(19)17(31)10-33-15-6-5-14(25-20(15)23)21(32)28(3)4/h5-6,9,19H,7-8,10H2,1-4H3. The number of aromatic nitrogens is 5. The summed E-state index contributed by atoms with van der Waals surface area (Å²) in [5.41, 5.74) is 2.03. The molecule has 1 aliphatic rings. The first-order chi connectivity index (χ1) is 16.7. The summed E-state index contributed by atoms with van der Waals surface area (Å²) >= 11 is 9.30. The maximum atomic E-state index is 13.4. The Hall–Kier alpha value is -3.09. The van der Waals surface area contributed by atoms with Gasteiger partial charge in [-0.2, -0.15) is 5.10 Å². The summed E-state index contributed by atoms with van der Waals surface area (Å²) in [6.45, 7) is 4.13. The quantitative estimate of drug-likeness (QED) is 0.364. The van der Waals surface area contributed by atoms with Gasteiger partial charge in [0.1, 0.15) is 16.7 Å². The number of imidazole rings is 1. The van der Waals surface area contributed by atoms with E-state index >= 15 is 0 Å². The summed E-state index contributed by atoms with van der Waals surface area (Å²) in [6.07, 6.45) is 2.43. The molecule has 0 saturated carbocycles. The fraction of sp³-hybridized carbons (Fsp3) is 0.364. The number of carbonyl (C=O) groups excluding carboxylic acids is 2. The minimum absolute atomic E-state index is 0.0245. The van der Waals surface area contributed by atoms with Gasteiger partial charge < -0.3 is 14.5 Å². The SMILES string of the molecule is Cc1ncc(C2c3c(nc4sc(C)nn34)CCN2C(=O)COc2ccc(C(=O)N(C)C)nc2Cl)s1. The van der Waals surface area contributed by atoms with Crippen molar-refractivity contribution < 1.29 is 14.3 Å². The molecule has 0 bridgehead atoms. The number of amides is 2. The summed E-state index contributed by atoms with van der Waals surface area (Å²) in [7, 11) is 3.26. The molecule has 0 radical (unpaired) electrons. The highest BCUT2D eigenvalue weighted by Gasteiger charge is 2.38. The van der Waals surface area contributed by atoms with Crippen LogP contribution >= 0.6 is 34.3 Å². The summed E-state index contributed by atoms with van der Waals surface area (Å²) < 4.78 is 7.58. The van der Waals surface area contributed by atoms with E-state index in [9.17, 15) is 9.59 Å². The van der Waals surface area contributed by atoms with Crippen LogP contribution in [0.2, 0.25) is 5.15 Å². The van der Waals surface area contributed by atoms with Crippen molar-refractivity contribution in [1.82, 2.24) is 34.4 Å². The zero-order valence-corrected chi connectivity index (χ0v) is 21.9. The number of halogens is 1. The molecule has 0 aromatic carbocycles. The third-order valence-corrected chi connectivity index (χ3v) is 7.66. The third-order valence-electron chi connectivity index (χ3n) is 5.60. The van der Waals surface area contributed by atoms with Crippen molar-refractivity contribution in [2.24, 2.45) is 0 Å². The molecular formula is C22H22ClN7O3S2. The monoisotopic (exact) mass is 531 g/mol.